The molecule has 248 valence electrons. The van der Waals surface area contributed by atoms with Crippen molar-refractivity contribution in [3.8, 4) is 11.5 Å². The van der Waals surface area contributed by atoms with Gasteiger partial charge in [-0.2, -0.15) is 0 Å². The van der Waals surface area contributed by atoms with E-state index in [1.54, 1.807) is 55.6 Å². The number of rotatable bonds is 15. The maximum Gasteiger partial charge on any atom is 0.264 e. The molecule has 4 aromatic carbocycles. The number of aryl methyl sites for hydroxylation is 1. The van der Waals surface area contributed by atoms with Crippen LogP contribution in [0.15, 0.2) is 108 Å². The lowest BCUT2D eigenvalue weighted by Crippen LogP contribution is -2.53. The summed E-state index contributed by atoms with van der Waals surface area (Å²) in [6.07, 6.45) is 0.227. The molecule has 0 aromatic heterocycles. The van der Waals surface area contributed by atoms with Crippen molar-refractivity contribution >= 4 is 27.5 Å². The van der Waals surface area contributed by atoms with E-state index in [9.17, 15) is 18.0 Å². The molecule has 0 aliphatic heterocycles. The molecule has 1 atom stereocenters. The Labute approximate surface area is 278 Å². The van der Waals surface area contributed by atoms with E-state index in [2.05, 4.69) is 5.32 Å². The molecule has 47 heavy (non-hydrogen) atoms. The largest absolute Gasteiger partial charge is 0.497 e. The second-order valence-corrected chi connectivity index (χ2v) is 13.6. The smallest absolute Gasteiger partial charge is 0.264 e. The van der Waals surface area contributed by atoms with Crippen molar-refractivity contribution in [2.75, 3.05) is 31.6 Å². The number of amides is 2. The maximum absolute atomic E-state index is 14.6. The van der Waals surface area contributed by atoms with E-state index in [1.165, 1.54) is 24.1 Å². The van der Waals surface area contributed by atoms with Crippen LogP contribution in [0.25, 0.3) is 0 Å². The number of nitrogens with zero attached hydrogens (tertiary/aromatic N) is 2. The Kier molecular flexibility index (Phi) is 12.0. The number of ether oxygens (including phenoxy) is 2. The Morgan fingerprint density at radius 2 is 1.40 bits per heavy atom. The second-order valence-electron chi connectivity index (χ2n) is 11.7. The average molecular weight is 658 g/mol. The van der Waals surface area contributed by atoms with Gasteiger partial charge in [-0.15, -0.1) is 0 Å². The number of methoxy groups -OCH3 is 2. The highest BCUT2D eigenvalue weighted by Crippen LogP contribution is 2.28. The zero-order chi connectivity index (χ0) is 34.0. The van der Waals surface area contributed by atoms with Crippen LogP contribution in [0.1, 0.15) is 30.5 Å². The lowest BCUT2D eigenvalue weighted by Gasteiger charge is -2.34. The van der Waals surface area contributed by atoms with E-state index in [0.29, 0.717) is 18.0 Å². The molecular formula is C37H43N3O6S. The number of carbonyl (C=O) groups excluding carboxylic acids is 2. The first-order chi connectivity index (χ1) is 22.5. The van der Waals surface area contributed by atoms with Crippen molar-refractivity contribution in [3.05, 3.63) is 120 Å². The molecule has 0 bridgehead atoms. The molecule has 0 fully saturated rings. The number of hydrogen-bond acceptors (Lipinski definition) is 6. The lowest BCUT2D eigenvalue weighted by molar-refractivity contribution is -0.140. The molecule has 0 radical (unpaired) electrons. The average Bonchev–Trinajstić information content (AvgIpc) is 3.08. The van der Waals surface area contributed by atoms with Gasteiger partial charge >= 0.3 is 0 Å². The van der Waals surface area contributed by atoms with Crippen molar-refractivity contribution in [1.82, 2.24) is 10.2 Å². The molecule has 1 unspecified atom stereocenters. The summed E-state index contributed by atoms with van der Waals surface area (Å²) in [5, 5.41) is 3.00. The predicted octanol–water partition coefficient (Wildman–Crippen LogP) is 5.62. The normalized spacial score (nSPS) is 11.9. The van der Waals surface area contributed by atoms with Gasteiger partial charge in [-0.3, -0.25) is 13.9 Å². The Hall–Kier alpha value is -4.83. The van der Waals surface area contributed by atoms with E-state index in [-0.39, 0.29) is 35.4 Å². The summed E-state index contributed by atoms with van der Waals surface area (Å²) in [4.78, 5) is 30.0. The van der Waals surface area contributed by atoms with Crippen LogP contribution in [0.3, 0.4) is 0 Å². The van der Waals surface area contributed by atoms with Crippen molar-refractivity contribution in [3.63, 3.8) is 0 Å². The van der Waals surface area contributed by atoms with Crippen LogP contribution in [-0.4, -0.2) is 58.5 Å². The molecule has 0 saturated carbocycles. The SMILES string of the molecule is COc1cccc(CN(C(=O)CN(c2cccc(OC)c2)S(=O)(=O)c2ccc(C)cc2)C(Cc2ccccc2)C(=O)NCC(C)C)c1. The fraction of sp³-hybridized carbons (Fsp3) is 0.297. The molecule has 0 heterocycles. The molecule has 4 aromatic rings. The Balaban J connectivity index is 1.82. The van der Waals surface area contributed by atoms with Crippen LogP contribution in [0, 0.1) is 12.8 Å². The summed E-state index contributed by atoms with van der Waals surface area (Å²) in [5.41, 5.74) is 2.73. The van der Waals surface area contributed by atoms with Gasteiger partial charge in [0.15, 0.2) is 0 Å². The predicted molar refractivity (Wildman–Crippen MR) is 184 cm³/mol. The van der Waals surface area contributed by atoms with E-state index in [1.807, 2.05) is 63.2 Å². The van der Waals surface area contributed by atoms with Crippen LogP contribution >= 0.6 is 0 Å². The van der Waals surface area contributed by atoms with E-state index >= 15 is 0 Å². The highest BCUT2D eigenvalue weighted by atomic mass is 32.2. The molecule has 0 spiro atoms. The van der Waals surface area contributed by atoms with Crippen molar-refractivity contribution in [2.24, 2.45) is 5.92 Å². The lowest BCUT2D eigenvalue weighted by atomic mass is 10.0. The Morgan fingerprint density at radius 1 is 0.787 bits per heavy atom. The summed E-state index contributed by atoms with van der Waals surface area (Å²) < 4.78 is 40.4. The number of hydrogen-bond donors (Lipinski definition) is 1. The second kappa shape index (κ2) is 16.1. The van der Waals surface area contributed by atoms with E-state index in [0.717, 1.165) is 21.0 Å². The molecule has 4 rings (SSSR count). The number of anilines is 1. The summed E-state index contributed by atoms with van der Waals surface area (Å²) in [6, 6.07) is 28.8. The Morgan fingerprint density at radius 3 is 2.04 bits per heavy atom. The van der Waals surface area contributed by atoms with Gasteiger partial charge in [0.05, 0.1) is 24.8 Å². The topological polar surface area (TPSA) is 105 Å². The molecule has 2 amide bonds. The van der Waals surface area contributed by atoms with Crippen LogP contribution < -0.4 is 19.1 Å². The minimum Gasteiger partial charge on any atom is -0.497 e. The summed E-state index contributed by atoms with van der Waals surface area (Å²) in [6.45, 7) is 5.76. The van der Waals surface area contributed by atoms with Crippen molar-refractivity contribution in [2.45, 2.75) is 44.7 Å². The summed E-state index contributed by atoms with van der Waals surface area (Å²) in [7, 11) is -1.18. The zero-order valence-corrected chi connectivity index (χ0v) is 28.4. The van der Waals surface area contributed by atoms with Gasteiger partial charge in [0, 0.05) is 25.6 Å². The van der Waals surface area contributed by atoms with Gasteiger partial charge in [-0.05, 0) is 60.4 Å². The van der Waals surface area contributed by atoms with Crippen LogP contribution in [-0.2, 0) is 32.6 Å². The molecule has 9 nitrogen and oxygen atoms in total. The third-order valence-corrected chi connectivity index (χ3v) is 9.46. The molecule has 1 N–H and O–H groups in total. The molecule has 0 saturated heterocycles. The first-order valence-electron chi connectivity index (χ1n) is 15.5. The third-order valence-electron chi connectivity index (χ3n) is 7.67. The van der Waals surface area contributed by atoms with Crippen LogP contribution in [0.4, 0.5) is 5.69 Å². The Bertz CT molecular complexity index is 1740. The first-order valence-corrected chi connectivity index (χ1v) is 16.9. The van der Waals surface area contributed by atoms with Gasteiger partial charge in [-0.25, -0.2) is 8.42 Å². The number of carbonyl (C=O) groups is 2. The first kappa shape index (κ1) is 35.0. The van der Waals surface area contributed by atoms with Crippen molar-refractivity contribution in [1.29, 1.82) is 0 Å². The van der Waals surface area contributed by atoms with E-state index in [4.69, 9.17) is 9.47 Å². The molecule has 0 aliphatic rings. The summed E-state index contributed by atoms with van der Waals surface area (Å²) >= 11 is 0. The van der Waals surface area contributed by atoms with Crippen LogP contribution in [0.5, 0.6) is 11.5 Å². The monoisotopic (exact) mass is 657 g/mol. The van der Waals surface area contributed by atoms with Gasteiger partial charge < -0.3 is 19.7 Å². The quantitative estimate of drug-likeness (QED) is 0.178. The summed E-state index contributed by atoms with van der Waals surface area (Å²) in [5.74, 6) is 0.336. The number of sulfonamides is 1. The van der Waals surface area contributed by atoms with Crippen molar-refractivity contribution < 1.29 is 27.5 Å². The number of nitrogens with one attached hydrogen (secondary N) is 1. The highest BCUT2D eigenvalue weighted by Gasteiger charge is 2.35. The molecule has 10 heteroatoms. The number of benzene rings is 4. The van der Waals surface area contributed by atoms with Gasteiger partial charge in [0.25, 0.3) is 10.0 Å². The van der Waals surface area contributed by atoms with Gasteiger partial charge in [0.2, 0.25) is 11.8 Å². The highest BCUT2D eigenvalue weighted by molar-refractivity contribution is 7.92. The van der Waals surface area contributed by atoms with Crippen LogP contribution in [0.2, 0.25) is 0 Å². The minimum absolute atomic E-state index is 0.0357. The standard InChI is InChI=1S/C37H43N3O6S/c1-27(2)24-38-37(42)35(22-29-11-7-6-8-12-29)39(25-30-13-9-15-32(21-30)45-4)36(41)26-40(31-14-10-16-33(23-31)46-5)47(43,44)34-19-17-28(3)18-20-34/h6-21,23,27,35H,22,24-26H2,1-5H3,(H,38,42). The fourth-order valence-electron chi connectivity index (χ4n) is 5.08. The molecular weight excluding hydrogens is 614 g/mol. The minimum atomic E-state index is -4.22. The fourth-order valence-corrected chi connectivity index (χ4v) is 6.48. The zero-order valence-electron chi connectivity index (χ0n) is 27.6. The molecule has 0 aliphatic carbocycles. The van der Waals surface area contributed by atoms with Gasteiger partial charge in [0.1, 0.15) is 24.1 Å². The van der Waals surface area contributed by atoms with E-state index < -0.39 is 28.5 Å². The maximum atomic E-state index is 14.6. The van der Waals surface area contributed by atoms with Gasteiger partial charge in [-0.1, -0.05) is 80.1 Å². The third kappa shape index (κ3) is 9.36.